The van der Waals surface area contributed by atoms with Crippen LogP contribution < -0.4 is 5.32 Å². The molecule has 0 amide bonds. The van der Waals surface area contributed by atoms with Gasteiger partial charge < -0.3 is 5.32 Å². The van der Waals surface area contributed by atoms with Crippen LogP contribution in [0.2, 0.25) is 0 Å². The average molecular weight is 262 g/mol. The van der Waals surface area contributed by atoms with Gasteiger partial charge in [0.1, 0.15) is 0 Å². The summed E-state index contributed by atoms with van der Waals surface area (Å²) in [5.74, 6) is 0. The quantitative estimate of drug-likeness (QED) is 0.900. The van der Waals surface area contributed by atoms with Crippen molar-refractivity contribution in [1.29, 1.82) is 0 Å². The van der Waals surface area contributed by atoms with E-state index in [1.807, 2.05) is 11.7 Å². The fourth-order valence-corrected chi connectivity index (χ4v) is 3.93. The highest BCUT2D eigenvalue weighted by atomic mass is 15.3. The van der Waals surface area contributed by atoms with Crippen LogP contribution in [0.3, 0.4) is 0 Å². The maximum atomic E-state index is 4.55. The average Bonchev–Trinajstić information content (AvgIpc) is 2.76. The van der Waals surface area contributed by atoms with Crippen molar-refractivity contribution in [2.75, 3.05) is 6.54 Å². The fraction of sp³-hybridized carbons (Fsp3) is 0.800. The maximum Gasteiger partial charge on any atom is 0.0764 e. The molecule has 2 fully saturated rings. The molecular formula is C15H26N4. The van der Waals surface area contributed by atoms with E-state index >= 15 is 0 Å². The van der Waals surface area contributed by atoms with Gasteiger partial charge in [-0.2, -0.15) is 5.10 Å². The Morgan fingerprint density at radius 3 is 2.63 bits per heavy atom. The monoisotopic (exact) mass is 262 g/mol. The van der Waals surface area contributed by atoms with Crippen molar-refractivity contribution in [3.63, 3.8) is 0 Å². The van der Waals surface area contributed by atoms with E-state index in [0.717, 1.165) is 31.2 Å². The third kappa shape index (κ3) is 2.84. The van der Waals surface area contributed by atoms with E-state index in [1.54, 1.807) is 0 Å². The summed E-state index contributed by atoms with van der Waals surface area (Å²) in [6, 6.07) is 4.42. The molecule has 0 aromatic carbocycles. The molecule has 106 valence electrons. The third-order valence-corrected chi connectivity index (χ3v) is 4.73. The van der Waals surface area contributed by atoms with Gasteiger partial charge in [-0.05, 0) is 38.3 Å². The minimum atomic E-state index is 0.736. The zero-order chi connectivity index (χ0) is 13.2. The van der Waals surface area contributed by atoms with Crippen LogP contribution in [-0.2, 0) is 13.6 Å². The summed E-state index contributed by atoms with van der Waals surface area (Å²) in [5.41, 5.74) is 1.22. The largest absolute Gasteiger partial charge is 0.314 e. The smallest absolute Gasteiger partial charge is 0.0764 e. The van der Waals surface area contributed by atoms with Crippen LogP contribution in [0.15, 0.2) is 12.3 Å². The number of aromatic nitrogens is 2. The Balaban J connectivity index is 1.68. The highest BCUT2D eigenvalue weighted by Crippen LogP contribution is 2.34. The van der Waals surface area contributed by atoms with Gasteiger partial charge in [0.05, 0.1) is 5.69 Å². The molecule has 2 bridgehead atoms. The van der Waals surface area contributed by atoms with E-state index in [4.69, 9.17) is 0 Å². The zero-order valence-corrected chi connectivity index (χ0v) is 12.2. The molecule has 1 N–H and O–H groups in total. The summed E-state index contributed by atoms with van der Waals surface area (Å²) in [6.45, 7) is 4.36. The molecule has 1 aromatic heterocycles. The molecule has 0 aliphatic carbocycles. The van der Waals surface area contributed by atoms with Crippen LogP contribution in [0.25, 0.3) is 0 Å². The van der Waals surface area contributed by atoms with E-state index in [-0.39, 0.29) is 0 Å². The third-order valence-electron chi connectivity index (χ3n) is 4.73. The highest BCUT2D eigenvalue weighted by Gasteiger charge is 2.37. The van der Waals surface area contributed by atoms with Crippen molar-refractivity contribution in [1.82, 2.24) is 20.0 Å². The van der Waals surface area contributed by atoms with Gasteiger partial charge in [-0.25, -0.2) is 0 Å². The summed E-state index contributed by atoms with van der Waals surface area (Å²) < 4.78 is 1.91. The standard InChI is InChI=1S/C15H26N4/c1-3-16-13-9-14-5-4-6-15(10-13)19(14)11-12-7-8-18(2)17-12/h7-8,13-16H,3-6,9-11H2,1-2H3. The second-order valence-electron chi connectivity index (χ2n) is 6.12. The first-order chi connectivity index (χ1) is 9.26. The maximum absolute atomic E-state index is 4.55. The molecule has 0 radical (unpaired) electrons. The number of aryl methyl sites for hydroxylation is 1. The van der Waals surface area contributed by atoms with E-state index in [0.29, 0.717) is 0 Å². The molecule has 1 aromatic rings. The van der Waals surface area contributed by atoms with Crippen molar-refractivity contribution in [2.24, 2.45) is 7.05 Å². The molecule has 2 aliphatic rings. The van der Waals surface area contributed by atoms with Crippen molar-refractivity contribution in [3.8, 4) is 0 Å². The summed E-state index contributed by atoms with van der Waals surface area (Å²) in [6.07, 6.45) is 8.83. The molecule has 4 heteroatoms. The lowest BCUT2D eigenvalue weighted by atomic mass is 9.81. The topological polar surface area (TPSA) is 33.1 Å². The number of nitrogens with one attached hydrogen (secondary N) is 1. The molecule has 3 rings (SSSR count). The molecule has 2 unspecified atom stereocenters. The number of rotatable bonds is 4. The first kappa shape index (κ1) is 13.1. The Bertz CT molecular complexity index is 400. The van der Waals surface area contributed by atoms with E-state index < -0.39 is 0 Å². The Kier molecular flexibility index (Phi) is 3.89. The summed E-state index contributed by atoms with van der Waals surface area (Å²) >= 11 is 0. The molecule has 2 atom stereocenters. The van der Waals surface area contributed by atoms with Crippen molar-refractivity contribution < 1.29 is 0 Å². The van der Waals surface area contributed by atoms with Crippen LogP contribution in [-0.4, -0.2) is 39.4 Å². The van der Waals surface area contributed by atoms with Crippen molar-refractivity contribution in [2.45, 2.75) is 63.7 Å². The molecule has 4 nitrogen and oxygen atoms in total. The minimum absolute atomic E-state index is 0.736. The van der Waals surface area contributed by atoms with Crippen LogP contribution in [0, 0.1) is 0 Å². The highest BCUT2D eigenvalue weighted by molar-refractivity contribution is 5.03. The Labute approximate surface area is 116 Å². The molecular weight excluding hydrogens is 236 g/mol. The lowest BCUT2D eigenvalue weighted by molar-refractivity contribution is 0.0169. The molecule has 2 saturated heterocycles. The van der Waals surface area contributed by atoms with Crippen LogP contribution in [0.4, 0.5) is 0 Å². The summed E-state index contributed by atoms with van der Waals surface area (Å²) in [4.78, 5) is 2.72. The predicted molar refractivity (Wildman–Crippen MR) is 76.9 cm³/mol. The Hall–Kier alpha value is -0.870. The number of nitrogens with zero attached hydrogens (tertiary/aromatic N) is 3. The van der Waals surface area contributed by atoms with E-state index in [2.05, 4.69) is 34.5 Å². The molecule has 3 heterocycles. The normalized spacial score (nSPS) is 31.6. The molecule has 2 aliphatic heterocycles. The zero-order valence-electron chi connectivity index (χ0n) is 12.2. The fourth-order valence-electron chi connectivity index (χ4n) is 3.93. The Morgan fingerprint density at radius 2 is 2.05 bits per heavy atom. The van der Waals surface area contributed by atoms with Crippen molar-refractivity contribution in [3.05, 3.63) is 18.0 Å². The molecule has 19 heavy (non-hydrogen) atoms. The van der Waals surface area contributed by atoms with Crippen LogP contribution in [0.5, 0.6) is 0 Å². The van der Waals surface area contributed by atoms with Gasteiger partial charge in [0.15, 0.2) is 0 Å². The van der Waals surface area contributed by atoms with Gasteiger partial charge in [0.25, 0.3) is 0 Å². The lowest BCUT2D eigenvalue weighted by Crippen LogP contribution is -2.55. The van der Waals surface area contributed by atoms with Crippen LogP contribution >= 0.6 is 0 Å². The van der Waals surface area contributed by atoms with Gasteiger partial charge in [0, 0.05) is 37.9 Å². The lowest BCUT2D eigenvalue weighted by Gasteiger charge is -2.49. The summed E-state index contributed by atoms with van der Waals surface area (Å²) in [7, 11) is 2.00. The van der Waals surface area contributed by atoms with E-state index in [1.165, 1.54) is 37.8 Å². The second-order valence-corrected chi connectivity index (χ2v) is 6.12. The number of hydrogen-bond acceptors (Lipinski definition) is 3. The van der Waals surface area contributed by atoms with Crippen molar-refractivity contribution >= 4 is 0 Å². The number of piperidine rings is 2. The van der Waals surface area contributed by atoms with Gasteiger partial charge in [-0.15, -0.1) is 0 Å². The van der Waals surface area contributed by atoms with Gasteiger partial charge in [0.2, 0.25) is 0 Å². The number of hydrogen-bond donors (Lipinski definition) is 1. The SMILES string of the molecule is CCNC1CC2CCCC(C1)N2Cc1ccn(C)n1. The Morgan fingerprint density at radius 1 is 1.32 bits per heavy atom. The summed E-state index contributed by atoms with van der Waals surface area (Å²) in [5, 5.41) is 8.20. The molecule has 0 saturated carbocycles. The number of fused-ring (bicyclic) bond motifs is 2. The van der Waals surface area contributed by atoms with Gasteiger partial charge in [-0.3, -0.25) is 9.58 Å². The first-order valence-electron chi connectivity index (χ1n) is 7.74. The second kappa shape index (κ2) is 5.63. The minimum Gasteiger partial charge on any atom is -0.314 e. The van der Waals surface area contributed by atoms with E-state index in [9.17, 15) is 0 Å². The predicted octanol–water partition coefficient (Wildman–Crippen LogP) is 1.92. The first-order valence-corrected chi connectivity index (χ1v) is 7.74. The molecule has 0 spiro atoms. The van der Waals surface area contributed by atoms with Gasteiger partial charge in [-0.1, -0.05) is 13.3 Å². The van der Waals surface area contributed by atoms with Gasteiger partial charge >= 0.3 is 0 Å². The van der Waals surface area contributed by atoms with Crippen LogP contribution in [0.1, 0.15) is 44.7 Å².